The molecule has 0 bridgehead atoms. The third-order valence-electron chi connectivity index (χ3n) is 7.29. The van der Waals surface area contributed by atoms with Crippen molar-refractivity contribution in [2.75, 3.05) is 6.54 Å². The zero-order chi connectivity index (χ0) is 22.9. The van der Waals surface area contributed by atoms with E-state index < -0.39 is 38.9 Å². The molecule has 2 aliphatic rings. The van der Waals surface area contributed by atoms with Crippen LogP contribution < -0.4 is 4.72 Å². The summed E-state index contributed by atoms with van der Waals surface area (Å²) >= 11 is 0. The number of fused-ring (bicyclic) bond motifs is 3. The van der Waals surface area contributed by atoms with Crippen LogP contribution in [0.3, 0.4) is 0 Å². The Morgan fingerprint density at radius 2 is 2.00 bits per heavy atom. The number of carbonyl (C=O) groups is 1. The number of carboxylic acid groups (broad SMARTS) is 1. The van der Waals surface area contributed by atoms with Gasteiger partial charge in [0.2, 0.25) is 0 Å². The van der Waals surface area contributed by atoms with Crippen molar-refractivity contribution in [3.63, 3.8) is 0 Å². The van der Waals surface area contributed by atoms with Crippen molar-refractivity contribution in [3.8, 4) is 0 Å². The molecule has 3 aromatic rings. The van der Waals surface area contributed by atoms with Crippen LogP contribution in [-0.4, -0.2) is 45.3 Å². The number of nitrogens with one attached hydrogen (secondary N) is 1. The van der Waals surface area contributed by atoms with Gasteiger partial charge >= 0.3 is 5.97 Å². The molecule has 1 saturated carbocycles. The van der Waals surface area contributed by atoms with Crippen molar-refractivity contribution in [1.29, 1.82) is 0 Å². The smallest absolute Gasteiger partial charge is 0.326 e. The second kappa shape index (κ2) is 6.84. The third-order valence-corrected chi connectivity index (χ3v) is 8.86. The number of hydrogen-bond acceptors (Lipinski definition) is 4. The lowest BCUT2D eigenvalue weighted by Crippen LogP contribution is -2.54. The summed E-state index contributed by atoms with van der Waals surface area (Å²) in [6, 6.07) is 11.7. The number of aromatic nitrogens is 2. The molecule has 32 heavy (non-hydrogen) atoms. The maximum absolute atomic E-state index is 13.6. The summed E-state index contributed by atoms with van der Waals surface area (Å²) in [6.07, 6.45) is 1.96. The first-order chi connectivity index (χ1) is 15.1. The maximum Gasteiger partial charge on any atom is 0.326 e. The van der Waals surface area contributed by atoms with Crippen LogP contribution in [0.2, 0.25) is 0 Å². The van der Waals surface area contributed by atoms with Crippen LogP contribution >= 0.6 is 0 Å². The lowest BCUT2D eigenvalue weighted by Gasteiger charge is -2.29. The molecule has 1 unspecified atom stereocenters. The van der Waals surface area contributed by atoms with Crippen LogP contribution in [0.5, 0.6) is 0 Å². The molecule has 0 spiro atoms. The summed E-state index contributed by atoms with van der Waals surface area (Å²) in [4.78, 5) is 16.8. The molecule has 168 valence electrons. The molecule has 1 aliphatic heterocycles. The van der Waals surface area contributed by atoms with Gasteiger partial charge in [-0.1, -0.05) is 44.2 Å². The van der Waals surface area contributed by atoms with Crippen LogP contribution in [0.4, 0.5) is 4.39 Å². The fourth-order valence-corrected chi connectivity index (χ4v) is 6.85. The van der Waals surface area contributed by atoms with Gasteiger partial charge in [0.15, 0.2) is 0 Å². The van der Waals surface area contributed by atoms with Crippen LogP contribution in [0.25, 0.3) is 5.65 Å². The Hall–Kier alpha value is -2.82. The van der Waals surface area contributed by atoms with Crippen LogP contribution in [-0.2, 0) is 33.4 Å². The Morgan fingerprint density at radius 1 is 1.28 bits per heavy atom. The van der Waals surface area contributed by atoms with Gasteiger partial charge in [-0.15, -0.1) is 0 Å². The Bertz CT molecular complexity index is 1340. The van der Waals surface area contributed by atoms with Crippen molar-refractivity contribution >= 4 is 21.8 Å². The van der Waals surface area contributed by atoms with E-state index in [1.54, 1.807) is 24.4 Å². The van der Waals surface area contributed by atoms with Crippen molar-refractivity contribution < 1.29 is 22.7 Å². The molecular formula is C22H23FN4O4S. The van der Waals surface area contributed by atoms with Crippen LogP contribution in [0.15, 0.2) is 48.7 Å². The topological polar surface area (TPSA) is 104 Å². The maximum atomic E-state index is 13.6. The molecular weight excluding hydrogens is 435 g/mol. The molecule has 2 N–H and O–H groups in total. The van der Waals surface area contributed by atoms with E-state index in [0.29, 0.717) is 17.8 Å². The number of nitrogens with zero attached hydrogens (tertiary/aromatic N) is 3. The molecule has 0 radical (unpaired) electrons. The lowest BCUT2D eigenvalue weighted by atomic mass is 9.92. The Balaban J connectivity index is 1.46. The fraction of sp³-hybridized carbons (Fsp3) is 0.364. The average Bonchev–Trinajstić information content (AvgIpc) is 3.06. The summed E-state index contributed by atoms with van der Waals surface area (Å²) in [6.45, 7) is 3.67. The van der Waals surface area contributed by atoms with Gasteiger partial charge in [-0.05, 0) is 17.5 Å². The van der Waals surface area contributed by atoms with Gasteiger partial charge in [0, 0.05) is 36.3 Å². The van der Waals surface area contributed by atoms with E-state index in [9.17, 15) is 22.7 Å². The van der Waals surface area contributed by atoms with Gasteiger partial charge in [0.25, 0.3) is 10.2 Å². The minimum absolute atomic E-state index is 0.0138. The molecule has 10 heteroatoms. The second-order valence-corrected chi connectivity index (χ2v) is 10.3. The number of halogens is 1. The fourth-order valence-electron chi connectivity index (χ4n) is 5.21. The highest BCUT2D eigenvalue weighted by Gasteiger charge is 2.78. The highest BCUT2D eigenvalue weighted by atomic mass is 32.2. The van der Waals surface area contributed by atoms with E-state index >= 15 is 0 Å². The molecule has 3 heterocycles. The minimum Gasteiger partial charge on any atom is -0.480 e. The highest BCUT2D eigenvalue weighted by Crippen LogP contribution is 2.63. The molecule has 5 rings (SSSR count). The predicted molar refractivity (Wildman–Crippen MR) is 115 cm³/mol. The third kappa shape index (κ3) is 2.76. The van der Waals surface area contributed by atoms with E-state index in [0.717, 1.165) is 11.3 Å². The number of hydrogen-bond donors (Lipinski definition) is 2. The Kier molecular flexibility index (Phi) is 4.50. The SMILES string of the molecule is CC1[C@](C)(c2ccccc2)[C@]1(NS(=O)(=O)N1CCc2c(nc3cc(F)ccn23)C1)C(=O)O. The summed E-state index contributed by atoms with van der Waals surface area (Å²) in [5.74, 6) is -2.08. The number of pyridine rings is 1. The van der Waals surface area contributed by atoms with Crippen molar-refractivity contribution in [2.45, 2.75) is 37.8 Å². The van der Waals surface area contributed by atoms with Crippen LogP contribution in [0, 0.1) is 11.7 Å². The predicted octanol–water partition coefficient (Wildman–Crippen LogP) is 2.10. The molecule has 2 aromatic heterocycles. The van der Waals surface area contributed by atoms with Crippen molar-refractivity contribution in [2.24, 2.45) is 5.92 Å². The summed E-state index contributed by atoms with van der Waals surface area (Å²) < 4.78 is 45.7. The van der Waals surface area contributed by atoms with Gasteiger partial charge in [-0.3, -0.25) is 4.79 Å². The van der Waals surface area contributed by atoms with Gasteiger partial charge < -0.3 is 9.51 Å². The molecule has 1 fully saturated rings. The number of rotatable bonds is 5. The Morgan fingerprint density at radius 3 is 2.69 bits per heavy atom. The van der Waals surface area contributed by atoms with E-state index in [1.165, 1.54) is 16.4 Å². The quantitative estimate of drug-likeness (QED) is 0.609. The summed E-state index contributed by atoms with van der Waals surface area (Å²) in [5, 5.41) is 10.1. The first-order valence-corrected chi connectivity index (χ1v) is 11.8. The standard InChI is InChI=1S/C22H23FN4O4S/c1-14-21(2,15-6-4-3-5-7-15)22(14,20(28)29)25-32(30,31)26-10-9-18-17(13-26)24-19-12-16(23)8-11-27(18)19/h3-8,11-12,14,25H,9-10,13H2,1-2H3,(H,28,29)/t14?,21-,22-/m1/s1. The first-order valence-electron chi connectivity index (χ1n) is 10.3. The van der Waals surface area contributed by atoms with Gasteiger partial charge in [-0.25, -0.2) is 9.37 Å². The molecule has 1 aromatic carbocycles. The average molecular weight is 459 g/mol. The zero-order valence-corrected chi connectivity index (χ0v) is 18.4. The van der Waals surface area contributed by atoms with E-state index in [-0.39, 0.29) is 13.1 Å². The molecule has 3 atom stereocenters. The Labute approximate surface area is 184 Å². The first kappa shape index (κ1) is 21.0. The number of imidazole rings is 1. The minimum atomic E-state index is -4.14. The molecule has 1 aliphatic carbocycles. The van der Waals surface area contributed by atoms with Gasteiger partial charge in [0.05, 0.1) is 12.2 Å². The number of aliphatic carboxylic acids is 1. The highest BCUT2D eigenvalue weighted by molar-refractivity contribution is 7.87. The lowest BCUT2D eigenvalue weighted by molar-refractivity contribution is -0.141. The van der Waals surface area contributed by atoms with E-state index in [2.05, 4.69) is 9.71 Å². The molecule has 0 saturated heterocycles. The van der Waals surface area contributed by atoms with E-state index in [4.69, 9.17) is 0 Å². The monoisotopic (exact) mass is 458 g/mol. The normalized spacial score (nSPS) is 27.9. The van der Waals surface area contributed by atoms with Crippen molar-refractivity contribution in [3.05, 3.63) is 71.4 Å². The second-order valence-electron chi connectivity index (χ2n) is 8.67. The van der Waals surface area contributed by atoms with E-state index in [1.807, 2.05) is 30.3 Å². The zero-order valence-electron chi connectivity index (χ0n) is 17.6. The summed E-state index contributed by atoms with van der Waals surface area (Å²) in [5.41, 5.74) is -0.0123. The summed E-state index contributed by atoms with van der Waals surface area (Å²) in [7, 11) is -4.14. The number of carboxylic acids is 1. The van der Waals surface area contributed by atoms with Crippen LogP contribution in [0.1, 0.15) is 30.8 Å². The van der Waals surface area contributed by atoms with Gasteiger partial charge in [0.1, 0.15) is 17.0 Å². The van der Waals surface area contributed by atoms with Crippen molar-refractivity contribution in [1.82, 2.24) is 18.4 Å². The number of benzene rings is 1. The largest absolute Gasteiger partial charge is 0.480 e. The van der Waals surface area contributed by atoms with Gasteiger partial charge in [-0.2, -0.15) is 17.4 Å². The molecule has 0 amide bonds. The molecule has 8 nitrogen and oxygen atoms in total.